The third-order valence-electron chi connectivity index (χ3n) is 3.84. The molecule has 1 aliphatic carbocycles. The van der Waals surface area contributed by atoms with Crippen LogP contribution in [-0.2, 0) is 0 Å². The van der Waals surface area contributed by atoms with E-state index in [9.17, 15) is 0 Å². The molecule has 0 amide bonds. The van der Waals surface area contributed by atoms with Crippen molar-refractivity contribution < 1.29 is 4.52 Å². The summed E-state index contributed by atoms with van der Waals surface area (Å²) in [5.74, 6) is 2.84. The van der Waals surface area contributed by atoms with E-state index in [1.54, 1.807) is 0 Å². The predicted molar refractivity (Wildman–Crippen MR) is 70.1 cm³/mol. The summed E-state index contributed by atoms with van der Waals surface area (Å²) in [4.78, 5) is 4.55. The van der Waals surface area contributed by atoms with Crippen molar-refractivity contribution in [2.45, 2.75) is 38.5 Å². The third-order valence-corrected chi connectivity index (χ3v) is 3.84. The molecular formula is C15H18N2O. The van der Waals surface area contributed by atoms with E-state index in [-0.39, 0.29) is 0 Å². The first-order chi connectivity index (χ1) is 8.83. The summed E-state index contributed by atoms with van der Waals surface area (Å²) in [6, 6.07) is 10.0. The van der Waals surface area contributed by atoms with Crippen LogP contribution >= 0.6 is 0 Å². The molecule has 3 nitrogen and oxygen atoms in total. The molecule has 3 rings (SSSR count). The van der Waals surface area contributed by atoms with E-state index in [0.29, 0.717) is 11.7 Å². The van der Waals surface area contributed by atoms with E-state index in [1.807, 2.05) is 30.3 Å². The van der Waals surface area contributed by atoms with Gasteiger partial charge in [0.1, 0.15) is 0 Å². The zero-order valence-corrected chi connectivity index (χ0v) is 10.7. The first-order valence-corrected chi connectivity index (χ1v) is 6.72. The number of hydrogen-bond acceptors (Lipinski definition) is 3. The normalized spacial score (nSPS) is 24.1. The maximum Gasteiger partial charge on any atom is 0.230 e. The van der Waals surface area contributed by atoms with Crippen LogP contribution in [0.1, 0.15) is 44.4 Å². The van der Waals surface area contributed by atoms with E-state index in [4.69, 9.17) is 4.52 Å². The molecule has 1 heterocycles. The average molecular weight is 242 g/mol. The summed E-state index contributed by atoms with van der Waals surface area (Å²) in [5.41, 5.74) is 1.02. The minimum Gasteiger partial charge on any atom is -0.339 e. The zero-order valence-electron chi connectivity index (χ0n) is 10.7. The van der Waals surface area contributed by atoms with Gasteiger partial charge in [-0.15, -0.1) is 0 Å². The van der Waals surface area contributed by atoms with Gasteiger partial charge in [-0.1, -0.05) is 42.4 Å². The van der Waals surface area contributed by atoms with Crippen molar-refractivity contribution in [3.8, 4) is 11.4 Å². The van der Waals surface area contributed by atoms with Crippen LogP contribution in [0.5, 0.6) is 0 Å². The Hall–Kier alpha value is -1.64. The molecule has 0 N–H and O–H groups in total. The van der Waals surface area contributed by atoms with E-state index in [1.165, 1.54) is 25.7 Å². The molecule has 0 spiro atoms. The Bertz CT molecular complexity index is 498. The van der Waals surface area contributed by atoms with Crippen molar-refractivity contribution >= 4 is 0 Å². The summed E-state index contributed by atoms with van der Waals surface area (Å²) >= 11 is 0. The summed E-state index contributed by atoms with van der Waals surface area (Å²) in [7, 11) is 0. The second-order valence-corrected chi connectivity index (χ2v) is 5.28. The minimum atomic E-state index is 0.464. The molecule has 1 fully saturated rings. The topological polar surface area (TPSA) is 38.9 Å². The van der Waals surface area contributed by atoms with Crippen LogP contribution in [0.4, 0.5) is 0 Å². The lowest BCUT2D eigenvalue weighted by molar-refractivity contribution is 0.281. The Labute approximate surface area is 107 Å². The molecule has 18 heavy (non-hydrogen) atoms. The van der Waals surface area contributed by atoms with Gasteiger partial charge in [0.25, 0.3) is 0 Å². The highest BCUT2D eigenvalue weighted by molar-refractivity contribution is 5.53. The molecular weight excluding hydrogens is 224 g/mol. The molecule has 0 saturated heterocycles. The van der Waals surface area contributed by atoms with Gasteiger partial charge in [-0.2, -0.15) is 4.98 Å². The maximum atomic E-state index is 5.43. The number of aromatic nitrogens is 2. The highest BCUT2D eigenvalue weighted by Crippen LogP contribution is 2.35. The summed E-state index contributed by atoms with van der Waals surface area (Å²) in [6.07, 6.45) is 4.90. The van der Waals surface area contributed by atoms with Gasteiger partial charge in [-0.25, -0.2) is 0 Å². The second kappa shape index (κ2) is 4.92. The second-order valence-electron chi connectivity index (χ2n) is 5.28. The quantitative estimate of drug-likeness (QED) is 0.798. The molecule has 1 aromatic carbocycles. The third kappa shape index (κ3) is 2.30. The molecule has 1 aliphatic rings. The van der Waals surface area contributed by atoms with Crippen LogP contribution in [0.15, 0.2) is 34.9 Å². The SMILES string of the molecule is CC1CCC(c2nc(-c3ccccc3)no2)CC1. The molecule has 0 atom stereocenters. The Balaban J connectivity index is 1.78. The smallest absolute Gasteiger partial charge is 0.230 e. The average Bonchev–Trinajstić information content (AvgIpc) is 2.90. The lowest BCUT2D eigenvalue weighted by Gasteiger charge is -2.22. The minimum absolute atomic E-state index is 0.464. The lowest BCUT2D eigenvalue weighted by atomic mass is 9.83. The molecule has 2 aromatic rings. The van der Waals surface area contributed by atoms with Gasteiger partial charge in [0, 0.05) is 11.5 Å². The number of benzene rings is 1. The summed E-state index contributed by atoms with van der Waals surface area (Å²) in [6.45, 7) is 2.32. The van der Waals surface area contributed by atoms with Gasteiger partial charge in [-0.3, -0.25) is 0 Å². The van der Waals surface area contributed by atoms with Crippen molar-refractivity contribution in [1.29, 1.82) is 0 Å². The molecule has 94 valence electrons. The van der Waals surface area contributed by atoms with Crippen LogP contribution in [0.25, 0.3) is 11.4 Å². The van der Waals surface area contributed by atoms with Gasteiger partial charge in [0.2, 0.25) is 11.7 Å². The highest BCUT2D eigenvalue weighted by atomic mass is 16.5. The van der Waals surface area contributed by atoms with Gasteiger partial charge >= 0.3 is 0 Å². The van der Waals surface area contributed by atoms with Crippen LogP contribution in [0, 0.1) is 5.92 Å². The molecule has 1 saturated carbocycles. The van der Waals surface area contributed by atoms with Crippen LogP contribution in [0.3, 0.4) is 0 Å². The Morgan fingerprint density at radius 3 is 2.50 bits per heavy atom. The van der Waals surface area contributed by atoms with Gasteiger partial charge in [0.05, 0.1) is 0 Å². The van der Waals surface area contributed by atoms with Gasteiger partial charge in [0.15, 0.2) is 0 Å². The van der Waals surface area contributed by atoms with E-state index < -0.39 is 0 Å². The number of nitrogens with zero attached hydrogens (tertiary/aromatic N) is 2. The van der Waals surface area contributed by atoms with Crippen molar-refractivity contribution in [2.75, 3.05) is 0 Å². The van der Waals surface area contributed by atoms with Crippen LogP contribution in [0.2, 0.25) is 0 Å². The predicted octanol–water partition coefficient (Wildman–Crippen LogP) is 4.03. The standard InChI is InChI=1S/C15H18N2O/c1-11-7-9-13(10-8-11)15-16-14(17-18-15)12-5-3-2-4-6-12/h2-6,11,13H,7-10H2,1H3. The highest BCUT2D eigenvalue weighted by Gasteiger charge is 2.24. The molecule has 3 heteroatoms. The maximum absolute atomic E-state index is 5.43. The van der Waals surface area contributed by atoms with Crippen LogP contribution < -0.4 is 0 Å². The summed E-state index contributed by atoms with van der Waals surface area (Å²) < 4.78 is 5.43. The molecule has 0 aliphatic heterocycles. The van der Waals surface area contributed by atoms with Crippen molar-refractivity contribution in [2.24, 2.45) is 5.92 Å². The lowest BCUT2D eigenvalue weighted by Crippen LogP contribution is -2.10. The van der Waals surface area contributed by atoms with E-state index in [2.05, 4.69) is 17.1 Å². The van der Waals surface area contributed by atoms with Crippen molar-refractivity contribution in [3.05, 3.63) is 36.2 Å². The van der Waals surface area contributed by atoms with Crippen LogP contribution in [-0.4, -0.2) is 10.1 Å². The zero-order chi connectivity index (χ0) is 12.4. The van der Waals surface area contributed by atoms with Gasteiger partial charge < -0.3 is 4.52 Å². The molecule has 1 aromatic heterocycles. The van der Waals surface area contributed by atoms with E-state index >= 15 is 0 Å². The fraction of sp³-hybridized carbons (Fsp3) is 0.467. The first kappa shape index (κ1) is 11.5. The number of hydrogen-bond donors (Lipinski definition) is 0. The molecule has 0 unspecified atom stereocenters. The fourth-order valence-electron chi connectivity index (χ4n) is 2.61. The Morgan fingerprint density at radius 1 is 1.06 bits per heavy atom. The Morgan fingerprint density at radius 2 is 1.78 bits per heavy atom. The monoisotopic (exact) mass is 242 g/mol. The van der Waals surface area contributed by atoms with Gasteiger partial charge in [-0.05, 0) is 31.6 Å². The first-order valence-electron chi connectivity index (χ1n) is 6.72. The van der Waals surface area contributed by atoms with Crippen molar-refractivity contribution in [1.82, 2.24) is 10.1 Å². The largest absolute Gasteiger partial charge is 0.339 e. The Kier molecular flexibility index (Phi) is 3.13. The summed E-state index contributed by atoms with van der Waals surface area (Å²) in [5, 5.41) is 4.09. The molecule has 0 radical (unpaired) electrons. The van der Waals surface area contributed by atoms with E-state index in [0.717, 1.165) is 17.4 Å². The fourth-order valence-corrected chi connectivity index (χ4v) is 2.61. The molecule has 0 bridgehead atoms. The number of rotatable bonds is 2. The van der Waals surface area contributed by atoms with Crippen molar-refractivity contribution in [3.63, 3.8) is 0 Å².